The number of ether oxygens (including phenoxy) is 2. The molecule has 0 unspecified atom stereocenters. The molecule has 0 amide bonds. The van der Waals surface area contributed by atoms with Crippen molar-refractivity contribution in [3.05, 3.63) is 70.3 Å². The molecule has 0 saturated carbocycles. The predicted octanol–water partition coefficient (Wildman–Crippen LogP) is 3.90. The maximum absolute atomic E-state index is 12.3. The van der Waals surface area contributed by atoms with E-state index in [0.717, 1.165) is 23.8 Å². The third-order valence-electron chi connectivity index (χ3n) is 4.53. The second-order valence-corrected chi connectivity index (χ2v) is 6.67. The molecule has 0 spiro atoms. The van der Waals surface area contributed by atoms with Gasteiger partial charge in [0.25, 0.3) is 0 Å². The molecule has 4 rings (SSSR count). The predicted molar refractivity (Wildman–Crippen MR) is 107 cm³/mol. The summed E-state index contributed by atoms with van der Waals surface area (Å²) in [6.07, 6.45) is 1.69. The average Bonchev–Trinajstić information content (AvgIpc) is 3.21. The summed E-state index contributed by atoms with van der Waals surface area (Å²) >= 11 is 0. The van der Waals surface area contributed by atoms with Gasteiger partial charge in [-0.2, -0.15) is 13.5 Å². The summed E-state index contributed by atoms with van der Waals surface area (Å²) in [6, 6.07) is 12.7. The number of alkyl halides is 2. The number of aromatic nitrogens is 4. The number of fused-ring (bicyclic) bond motifs is 1. The van der Waals surface area contributed by atoms with Crippen molar-refractivity contribution in [2.75, 3.05) is 0 Å². The molecule has 0 saturated heterocycles. The lowest BCUT2D eigenvalue weighted by atomic mass is 10.1. The summed E-state index contributed by atoms with van der Waals surface area (Å²) < 4.78 is 41.5. The van der Waals surface area contributed by atoms with Gasteiger partial charge in [-0.3, -0.25) is 0 Å². The topological polar surface area (TPSA) is 92.3 Å². The molecule has 2 aromatic carbocycles. The number of tetrazole rings is 1. The van der Waals surface area contributed by atoms with E-state index in [1.807, 2.05) is 13.0 Å². The lowest BCUT2D eigenvalue weighted by Crippen LogP contribution is -2.07. The van der Waals surface area contributed by atoms with Crippen LogP contribution in [0.1, 0.15) is 24.7 Å². The summed E-state index contributed by atoms with van der Waals surface area (Å²) in [4.78, 5) is 11.8. The van der Waals surface area contributed by atoms with Gasteiger partial charge in [0.15, 0.2) is 5.82 Å². The molecule has 0 bridgehead atoms. The highest BCUT2D eigenvalue weighted by molar-refractivity contribution is 5.81. The molecule has 0 N–H and O–H groups in total. The maximum atomic E-state index is 12.3. The van der Waals surface area contributed by atoms with Crippen molar-refractivity contribution in [3.63, 3.8) is 0 Å². The van der Waals surface area contributed by atoms with Gasteiger partial charge in [-0.25, -0.2) is 4.79 Å². The first-order valence-electron chi connectivity index (χ1n) is 9.55. The van der Waals surface area contributed by atoms with Gasteiger partial charge in [-0.15, -0.1) is 5.10 Å². The monoisotopic (exact) mass is 428 g/mol. The van der Waals surface area contributed by atoms with Gasteiger partial charge >= 0.3 is 12.2 Å². The van der Waals surface area contributed by atoms with Crippen LogP contribution in [0.25, 0.3) is 16.7 Å². The van der Waals surface area contributed by atoms with E-state index in [1.54, 1.807) is 24.3 Å². The second-order valence-electron chi connectivity index (χ2n) is 6.67. The van der Waals surface area contributed by atoms with Gasteiger partial charge in [0.2, 0.25) is 0 Å². The number of aryl methyl sites for hydroxylation is 1. The van der Waals surface area contributed by atoms with E-state index >= 15 is 0 Å². The normalized spacial score (nSPS) is 11.2. The van der Waals surface area contributed by atoms with Crippen LogP contribution in [0.2, 0.25) is 0 Å². The van der Waals surface area contributed by atoms with Gasteiger partial charge in [-0.1, -0.05) is 13.3 Å². The van der Waals surface area contributed by atoms with Gasteiger partial charge in [0.05, 0.1) is 5.69 Å². The van der Waals surface area contributed by atoms with Crippen LogP contribution < -0.4 is 15.1 Å². The highest BCUT2D eigenvalue weighted by Crippen LogP contribution is 2.24. The van der Waals surface area contributed by atoms with E-state index in [-0.39, 0.29) is 12.4 Å². The zero-order chi connectivity index (χ0) is 21.8. The first-order valence-corrected chi connectivity index (χ1v) is 9.55. The fraction of sp³-hybridized carbons (Fsp3) is 0.238. The molecule has 8 nitrogen and oxygen atoms in total. The number of benzene rings is 2. The van der Waals surface area contributed by atoms with E-state index in [1.165, 1.54) is 22.9 Å². The van der Waals surface area contributed by atoms with Crippen molar-refractivity contribution in [3.8, 4) is 17.2 Å². The van der Waals surface area contributed by atoms with Gasteiger partial charge in [-0.05, 0) is 58.8 Å². The number of nitrogens with zero attached hydrogens (tertiary/aromatic N) is 4. The Kier molecular flexibility index (Phi) is 5.87. The van der Waals surface area contributed by atoms with Crippen LogP contribution in [0, 0.1) is 0 Å². The molecule has 0 atom stereocenters. The van der Waals surface area contributed by atoms with Crippen LogP contribution in [-0.2, 0) is 13.0 Å². The van der Waals surface area contributed by atoms with E-state index in [4.69, 9.17) is 9.15 Å². The van der Waals surface area contributed by atoms with Crippen molar-refractivity contribution < 1.29 is 22.7 Å². The van der Waals surface area contributed by atoms with Crippen LogP contribution in [0.15, 0.2) is 57.7 Å². The number of halogens is 2. The smallest absolute Gasteiger partial charge is 0.387 e. The molecule has 160 valence electrons. The zero-order valence-corrected chi connectivity index (χ0v) is 16.5. The minimum absolute atomic E-state index is 0.0322. The van der Waals surface area contributed by atoms with Crippen LogP contribution in [-0.4, -0.2) is 26.8 Å². The summed E-state index contributed by atoms with van der Waals surface area (Å²) in [5.74, 6) is 0.910. The quantitative estimate of drug-likeness (QED) is 0.393. The van der Waals surface area contributed by atoms with Crippen LogP contribution in [0.5, 0.6) is 11.5 Å². The van der Waals surface area contributed by atoms with E-state index in [0.29, 0.717) is 22.8 Å². The Morgan fingerprint density at radius 2 is 1.87 bits per heavy atom. The number of hydrogen-bond acceptors (Lipinski definition) is 7. The van der Waals surface area contributed by atoms with Gasteiger partial charge in [0.1, 0.15) is 23.7 Å². The number of rotatable bonds is 8. The van der Waals surface area contributed by atoms with Gasteiger partial charge < -0.3 is 13.9 Å². The third kappa shape index (κ3) is 4.68. The summed E-state index contributed by atoms with van der Waals surface area (Å²) in [5.41, 5.74) is 1.53. The SMILES string of the molecule is CCCc1cc(=O)oc2cc(OCc3nnnn3-c3ccc(OC(F)F)cc3)ccc12. The first kappa shape index (κ1) is 20.5. The van der Waals surface area contributed by atoms with Crippen LogP contribution in [0.3, 0.4) is 0 Å². The van der Waals surface area contributed by atoms with E-state index < -0.39 is 12.2 Å². The second kappa shape index (κ2) is 8.90. The van der Waals surface area contributed by atoms with Crippen molar-refractivity contribution in [1.29, 1.82) is 0 Å². The summed E-state index contributed by atoms with van der Waals surface area (Å²) in [6.45, 7) is -0.818. The van der Waals surface area contributed by atoms with Crippen molar-refractivity contribution >= 4 is 11.0 Å². The molecule has 0 radical (unpaired) electrons. The Bertz CT molecular complexity index is 1240. The first-order chi connectivity index (χ1) is 15.0. The van der Waals surface area contributed by atoms with Crippen molar-refractivity contribution in [2.24, 2.45) is 0 Å². The number of hydrogen-bond donors (Lipinski definition) is 0. The molecular formula is C21H18F2N4O4. The lowest BCUT2D eigenvalue weighted by molar-refractivity contribution is -0.0498. The highest BCUT2D eigenvalue weighted by Gasteiger charge is 2.12. The third-order valence-corrected chi connectivity index (χ3v) is 4.53. The lowest BCUT2D eigenvalue weighted by Gasteiger charge is -2.09. The van der Waals surface area contributed by atoms with Crippen LogP contribution in [0.4, 0.5) is 8.78 Å². The minimum atomic E-state index is -2.90. The minimum Gasteiger partial charge on any atom is -0.485 e. The molecule has 0 fully saturated rings. The fourth-order valence-electron chi connectivity index (χ4n) is 3.19. The van der Waals surface area contributed by atoms with Crippen LogP contribution >= 0.6 is 0 Å². The molecule has 4 aromatic rings. The van der Waals surface area contributed by atoms with Crippen molar-refractivity contribution in [2.45, 2.75) is 33.0 Å². The molecule has 31 heavy (non-hydrogen) atoms. The largest absolute Gasteiger partial charge is 0.485 e. The zero-order valence-electron chi connectivity index (χ0n) is 16.5. The molecule has 0 aliphatic carbocycles. The Labute approximate surface area is 175 Å². The van der Waals surface area contributed by atoms with E-state index in [2.05, 4.69) is 20.3 Å². The molecule has 2 heterocycles. The molecular weight excluding hydrogens is 410 g/mol. The molecule has 0 aliphatic rings. The average molecular weight is 428 g/mol. The Morgan fingerprint density at radius 1 is 1.10 bits per heavy atom. The fourth-order valence-corrected chi connectivity index (χ4v) is 3.19. The Balaban J connectivity index is 1.52. The Hall–Kier alpha value is -3.82. The Morgan fingerprint density at radius 3 is 2.61 bits per heavy atom. The summed E-state index contributed by atoms with van der Waals surface area (Å²) in [7, 11) is 0. The standard InChI is InChI=1S/C21H18F2N4O4/c1-2-3-13-10-20(28)31-18-11-16(8-9-17(13)18)29-12-19-24-25-26-27(19)14-4-6-15(7-5-14)30-21(22)23/h4-11,21H,2-3,12H2,1H3. The van der Waals surface area contributed by atoms with E-state index in [9.17, 15) is 13.6 Å². The molecule has 0 aliphatic heterocycles. The molecule has 2 aromatic heterocycles. The molecule has 10 heteroatoms. The van der Waals surface area contributed by atoms with Gasteiger partial charge in [0, 0.05) is 17.5 Å². The van der Waals surface area contributed by atoms with Crippen molar-refractivity contribution in [1.82, 2.24) is 20.2 Å². The highest BCUT2D eigenvalue weighted by atomic mass is 19.3. The maximum Gasteiger partial charge on any atom is 0.387 e. The summed E-state index contributed by atoms with van der Waals surface area (Å²) in [5, 5.41) is 12.4.